The summed E-state index contributed by atoms with van der Waals surface area (Å²) in [5.41, 5.74) is 15.8. The molecule has 0 atom stereocenters. The summed E-state index contributed by atoms with van der Waals surface area (Å²) in [7, 11) is 0. The van der Waals surface area contributed by atoms with Gasteiger partial charge in [-0.2, -0.15) is 0 Å². The third kappa shape index (κ3) is 4.69. The minimum Gasteiger partial charge on any atom is -0.306 e. The fourth-order valence-electron chi connectivity index (χ4n) is 9.14. The second-order valence-corrected chi connectivity index (χ2v) is 17.8. The number of anilines is 6. The van der Waals surface area contributed by atoms with Gasteiger partial charge in [0, 0.05) is 22.0 Å². The van der Waals surface area contributed by atoms with Crippen LogP contribution >= 0.6 is 22.7 Å². The fraction of sp³-hybridized carbons (Fsp3) is 0.120. The fourth-order valence-corrected chi connectivity index (χ4v) is 11.4. The molecule has 0 saturated carbocycles. The van der Waals surface area contributed by atoms with E-state index in [1.807, 2.05) is 0 Å². The van der Waals surface area contributed by atoms with Crippen molar-refractivity contribution in [2.24, 2.45) is 0 Å². The monoisotopic (exact) mass is 758 g/mol. The van der Waals surface area contributed by atoms with Gasteiger partial charge in [0.25, 0.3) is 0 Å². The Balaban J connectivity index is 1.33. The van der Waals surface area contributed by atoms with E-state index < -0.39 is 0 Å². The maximum atomic E-state index is 5.70. The van der Waals surface area contributed by atoms with E-state index in [0.717, 1.165) is 53.0 Å². The molecule has 2 aliphatic heterocycles. The molecule has 0 unspecified atom stereocenters. The van der Waals surface area contributed by atoms with Crippen molar-refractivity contribution in [3.8, 4) is 21.1 Å². The van der Waals surface area contributed by atoms with E-state index in [9.17, 15) is 0 Å². The predicted molar refractivity (Wildman–Crippen MR) is 237 cm³/mol. The molecule has 0 aliphatic carbocycles. The van der Waals surface area contributed by atoms with Crippen LogP contribution in [0.5, 0.6) is 0 Å². The Morgan fingerprint density at radius 1 is 0.375 bits per heavy atom. The van der Waals surface area contributed by atoms with E-state index >= 15 is 0 Å². The molecule has 4 nitrogen and oxygen atoms in total. The molecule has 56 heavy (non-hydrogen) atoms. The Morgan fingerprint density at radius 3 is 0.982 bits per heavy atom. The molecule has 0 saturated heterocycles. The molecule has 7 aromatic carbocycles. The van der Waals surface area contributed by atoms with Gasteiger partial charge >= 0.3 is 0 Å². The van der Waals surface area contributed by atoms with Gasteiger partial charge in [0.05, 0.1) is 43.5 Å². The van der Waals surface area contributed by atoms with Gasteiger partial charge in [0.1, 0.15) is 21.0 Å². The minimum absolute atomic E-state index is 0.198. The number of hydrogen-bond acceptors (Lipinski definition) is 6. The van der Waals surface area contributed by atoms with Crippen molar-refractivity contribution in [3.63, 3.8) is 0 Å². The standard InChI is InChI=1S/C50H38N4S2/c1-49(2)33-23-11-15-27-37(33)53(38-28-16-12-24-34(38)49)43-41-46(56-47(51-41)31-19-7-5-8-20-31)44(42-45(43)55-48(52-42)32-21-9-6-10-22-32)54-39-29-17-13-25-35(39)50(3,4)36-26-14-18-30-40(36)54/h5-30H,1-4H3. The molecule has 0 fully saturated rings. The van der Waals surface area contributed by atoms with Crippen LogP contribution in [-0.2, 0) is 10.8 Å². The lowest BCUT2D eigenvalue weighted by molar-refractivity contribution is 0.632. The van der Waals surface area contributed by atoms with Gasteiger partial charge in [-0.3, -0.25) is 0 Å². The first kappa shape index (κ1) is 33.3. The average Bonchev–Trinajstić information content (AvgIpc) is 3.88. The van der Waals surface area contributed by atoms with Crippen LogP contribution in [0.15, 0.2) is 158 Å². The lowest BCUT2D eigenvalue weighted by atomic mass is 9.73. The van der Waals surface area contributed by atoms with Gasteiger partial charge in [-0.1, -0.05) is 161 Å². The first-order valence-corrected chi connectivity index (χ1v) is 20.8. The van der Waals surface area contributed by atoms with E-state index in [0.29, 0.717) is 0 Å². The van der Waals surface area contributed by atoms with Crippen LogP contribution in [-0.4, -0.2) is 9.97 Å². The average molecular weight is 759 g/mol. The molecule has 2 aliphatic rings. The molecule has 0 radical (unpaired) electrons. The van der Waals surface area contributed by atoms with Gasteiger partial charge in [0.15, 0.2) is 0 Å². The topological polar surface area (TPSA) is 32.3 Å². The highest BCUT2D eigenvalue weighted by Crippen LogP contribution is 2.61. The van der Waals surface area contributed by atoms with Crippen LogP contribution in [0.25, 0.3) is 41.6 Å². The Labute approximate surface area is 335 Å². The summed E-state index contributed by atoms with van der Waals surface area (Å²) in [5.74, 6) is 0. The van der Waals surface area contributed by atoms with Crippen LogP contribution in [0, 0.1) is 0 Å². The van der Waals surface area contributed by atoms with Crippen molar-refractivity contribution < 1.29 is 0 Å². The molecule has 0 N–H and O–H groups in total. The van der Waals surface area contributed by atoms with Gasteiger partial charge in [-0.15, -0.1) is 22.7 Å². The van der Waals surface area contributed by atoms with E-state index in [4.69, 9.17) is 9.97 Å². The summed E-state index contributed by atoms with van der Waals surface area (Å²) in [6, 6.07) is 56.9. The molecule has 11 rings (SSSR count). The molecule has 4 heterocycles. The number of nitrogens with zero attached hydrogens (tertiary/aromatic N) is 4. The molecule has 0 amide bonds. The van der Waals surface area contributed by atoms with Crippen LogP contribution in [0.1, 0.15) is 49.9 Å². The number of hydrogen-bond donors (Lipinski definition) is 0. The van der Waals surface area contributed by atoms with Gasteiger partial charge < -0.3 is 9.80 Å². The van der Waals surface area contributed by atoms with Crippen molar-refractivity contribution in [2.75, 3.05) is 9.80 Å². The Morgan fingerprint density at radius 2 is 0.661 bits per heavy atom. The Hall–Kier alpha value is -6.08. The first-order chi connectivity index (χ1) is 27.3. The number of para-hydroxylation sites is 4. The molecule has 0 spiro atoms. The molecule has 6 heteroatoms. The molecule has 9 aromatic rings. The maximum absolute atomic E-state index is 5.70. The molecular formula is C50H38N4S2. The largest absolute Gasteiger partial charge is 0.306 e. The molecule has 2 aromatic heterocycles. The number of fused-ring (bicyclic) bond motifs is 6. The van der Waals surface area contributed by atoms with Gasteiger partial charge in [-0.25, -0.2) is 9.97 Å². The smallest absolute Gasteiger partial charge is 0.124 e. The zero-order valence-corrected chi connectivity index (χ0v) is 33.2. The van der Waals surface area contributed by atoms with Crippen molar-refractivity contribution in [1.82, 2.24) is 9.97 Å². The van der Waals surface area contributed by atoms with Gasteiger partial charge in [0.2, 0.25) is 0 Å². The van der Waals surface area contributed by atoms with E-state index in [1.54, 1.807) is 22.7 Å². The number of benzene rings is 7. The summed E-state index contributed by atoms with van der Waals surface area (Å²) >= 11 is 3.53. The Bertz CT molecular complexity index is 2640. The zero-order chi connectivity index (χ0) is 37.8. The highest BCUT2D eigenvalue weighted by Gasteiger charge is 2.42. The minimum atomic E-state index is -0.198. The molecular weight excluding hydrogens is 721 g/mol. The number of aromatic nitrogens is 2. The number of rotatable bonds is 4. The normalized spacial score (nSPS) is 15.0. The first-order valence-electron chi connectivity index (χ1n) is 19.2. The maximum Gasteiger partial charge on any atom is 0.124 e. The lowest BCUT2D eigenvalue weighted by Gasteiger charge is -2.43. The van der Waals surface area contributed by atoms with Crippen molar-refractivity contribution in [3.05, 3.63) is 180 Å². The highest BCUT2D eigenvalue weighted by atomic mass is 32.1. The summed E-state index contributed by atoms with van der Waals surface area (Å²) in [4.78, 5) is 16.4. The summed E-state index contributed by atoms with van der Waals surface area (Å²) in [6.07, 6.45) is 0. The van der Waals surface area contributed by atoms with Crippen molar-refractivity contribution >= 4 is 77.2 Å². The molecule has 0 bridgehead atoms. The van der Waals surface area contributed by atoms with Crippen molar-refractivity contribution in [2.45, 2.75) is 38.5 Å². The molecule has 270 valence electrons. The highest BCUT2D eigenvalue weighted by molar-refractivity contribution is 7.24. The van der Waals surface area contributed by atoms with E-state index in [-0.39, 0.29) is 10.8 Å². The van der Waals surface area contributed by atoms with Crippen LogP contribution in [0.3, 0.4) is 0 Å². The van der Waals surface area contributed by atoms with Crippen LogP contribution in [0.2, 0.25) is 0 Å². The van der Waals surface area contributed by atoms with E-state index in [1.165, 1.54) is 45.0 Å². The lowest BCUT2D eigenvalue weighted by Crippen LogP contribution is -2.31. The van der Waals surface area contributed by atoms with Crippen LogP contribution in [0.4, 0.5) is 34.1 Å². The zero-order valence-electron chi connectivity index (χ0n) is 31.6. The second kappa shape index (κ2) is 12.2. The summed E-state index contributed by atoms with van der Waals surface area (Å²) in [5, 5.41) is 1.98. The van der Waals surface area contributed by atoms with E-state index in [2.05, 4.69) is 195 Å². The van der Waals surface area contributed by atoms with Crippen LogP contribution < -0.4 is 9.80 Å². The van der Waals surface area contributed by atoms with Gasteiger partial charge in [-0.05, 0) is 46.5 Å². The summed E-state index contributed by atoms with van der Waals surface area (Å²) in [6.45, 7) is 9.39. The third-order valence-corrected chi connectivity index (χ3v) is 14.1. The SMILES string of the molecule is CC1(C)c2ccccc2N(c2c3nc(-c4ccccc4)sc3c(N3c4ccccc4C(C)(C)c4ccccc43)c3nc(-c4ccccc4)sc23)c2ccccc21. The third-order valence-electron chi connectivity index (χ3n) is 11.9. The predicted octanol–water partition coefficient (Wildman–Crippen LogP) is 14.5. The van der Waals surface area contributed by atoms with Crippen molar-refractivity contribution in [1.29, 1.82) is 0 Å². The quantitative estimate of drug-likeness (QED) is 0.179. The second-order valence-electron chi connectivity index (χ2n) is 15.8. The number of thiazole rings is 2. The summed E-state index contributed by atoms with van der Waals surface area (Å²) < 4.78 is 2.22. The Kier molecular flexibility index (Phi) is 7.25.